The molecule has 0 amide bonds. The Bertz CT molecular complexity index is 1550. The average Bonchev–Trinajstić information content (AvgIpc) is 3.58. The van der Waals surface area contributed by atoms with Crippen LogP contribution in [0.5, 0.6) is 11.5 Å². The summed E-state index contributed by atoms with van der Waals surface area (Å²) in [6.45, 7) is 0.145. The molecule has 14 heteroatoms. The van der Waals surface area contributed by atoms with Crippen LogP contribution in [0.3, 0.4) is 0 Å². The molecular formula is C25H26BrClN5O5S2+. The Morgan fingerprint density at radius 1 is 1.15 bits per heavy atom. The van der Waals surface area contributed by atoms with Crippen molar-refractivity contribution in [2.24, 2.45) is 0 Å². The first-order valence-electron chi connectivity index (χ1n) is 11.4. The number of furan rings is 1. The van der Waals surface area contributed by atoms with Crippen molar-refractivity contribution < 1.29 is 22.3 Å². The van der Waals surface area contributed by atoms with E-state index in [1.54, 1.807) is 41.0 Å². The van der Waals surface area contributed by atoms with E-state index in [4.69, 9.17) is 25.5 Å². The fourth-order valence-corrected chi connectivity index (χ4v) is 6.21. The molecule has 0 aliphatic carbocycles. The van der Waals surface area contributed by atoms with Crippen LogP contribution in [0.25, 0.3) is 23.3 Å². The Morgan fingerprint density at radius 2 is 1.87 bits per heavy atom. The number of para-hydroxylation sites is 1. The average molecular weight is 656 g/mol. The van der Waals surface area contributed by atoms with Crippen molar-refractivity contribution >= 4 is 60.5 Å². The van der Waals surface area contributed by atoms with E-state index in [2.05, 4.69) is 31.1 Å². The molecule has 0 fully saturated rings. The Labute approximate surface area is 243 Å². The standard InChI is InChI=1S/C25H26BrClN5O5S2/c1-35-20-7-5-8-21(36-2)23(20)32-24(22-9-6-12-37-22)29-30-25(32)31(11-13-38(3)4)39(33,34)14-10-19-18(26)15-17(27)16-28-19/h5-10,12,14-16H,11,13H2,1-4H3/q+1/b14-10+. The molecule has 0 radical (unpaired) electrons. The topological polar surface area (TPSA) is 113 Å². The van der Waals surface area contributed by atoms with Crippen LogP contribution in [0.2, 0.25) is 5.02 Å². The van der Waals surface area contributed by atoms with Gasteiger partial charge in [-0.3, -0.25) is 9.55 Å². The van der Waals surface area contributed by atoms with E-state index in [1.165, 1.54) is 37.1 Å². The van der Waals surface area contributed by atoms with Crippen molar-refractivity contribution in [3.63, 3.8) is 0 Å². The molecule has 10 nitrogen and oxygen atoms in total. The van der Waals surface area contributed by atoms with Gasteiger partial charge in [-0.1, -0.05) is 17.7 Å². The van der Waals surface area contributed by atoms with Crippen LogP contribution in [0, 0.1) is 0 Å². The molecule has 4 rings (SSSR count). The van der Waals surface area contributed by atoms with Crippen LogP contribution in [0.4, 0.5) is 5.95 Å². The van der Waals surface area contributed by atoms with Crippen LogP contribution >= 0.6 is 27.5 Å². The SMILES string of the molecule is COc1cccc(OC)c1-n1c(-c2ccco2)nnc1N(CC[S+](C)C)S(=O)(=O)/C=C/c1ncc(Cl)cc1Br. The summed E-state index contributed by atoms with van der Waals surface area (Å²) >= 11 is 9.37. The quantitative estimate of drug-likeness (QED) is 0.207. The Balaban J connectivity index is 1.93. The largest absolute Gasteiger partial charge is 0.494 e. The number of methoxy groups -OCH3 is 2. The summed E-state index contributed by atoms with van der Waals surface area (Å²) in [6.07, 6.45) is 8.42. The maximum absolute atomic E-state index is 13.9. The molecule has 0 aliphatic heterocycles. The minimum absolute atomic E-state index is 0.0439. The first-order valence-corrected chi connectivity index (χ1v) is 16.3. The number of hydrogen-bond donors (Lipinski definition) is 0. The predicted octanol–water partition coefficient (Wildman–Crippen LogP) is 5.04. The molecule has 0 bridgehead atoms. The third-order valence-corrected chi connectivity index (χ3v) is 8.76. The zero-order valence-corrected chi connectivity index (χ0v) is 25.5. The molecule has 1 aromatic carbocycles. The predicted molar refractivity (Wildman–Crippen MR) is 158 cm³/mol. The number of sulfonamides is 1. The van der Waals surface area contributed by atoms with E-state index < -0.39 is 10.0 Å². The van der Waals surface area contributed by atoms with Crippen molar-refractivity contribution in [2.75, 3.05) is 43.3 Å². The highest BCUT2D eigenvalue weighted by molar-refractivity contribution is 9.10. The molecule has 39 heavy (non-hydrogen) atoms. The van der Waals surface area contributed by atoms with Gasteiger partial charge in [0.2, 0.25) is 11.8 Å². The molecule has 0 spiro atoms. The van der Waals surface area contributed by atoms with Gasteiger partial charge in [0.1, 0.15) is 22.9 Å². The lowest BCUT2D eigenvalue weighted by Gasteiger charge is -2.23. The van der Waals surface area contributed by atoms with Crippen LogP contribution in [0.1, 0.15) is 5.69 Å². The number of aromatic nitrogens is 4. The summed E-state index contributed by atoms with van der Waals surface area (Å²) in [6, 6.07) is 10.3. The highest BCUT2D eigenvalue weighted by atomic mass is 79.9. The number of ether oxygens (including phenoxy) is 2. The zero-order chi connectivity index (χ0) is 28.2. The fourth-order valence-electron chi connectivity index (χ4n) is 3.64. The van der Waals surface area contributed by atoms with Gasteiger partial charge in [0.25, 0.3) is 10.0 Å². The van der Waals surface area contributed by atoms with Gasteiger partial charge in [0.05, 0.1) is 55.7 Å². The monoisotopic (exact) mass is 654 g/mol. The Kier molecular flexibility index (Phi) is 9.26. The lowest BCUT2D eigenvalue weighted by molar-refractivity contribution is 0.391. The maximum Gasteiger partial charge on any atom is 0.260 e. The molecular weight excluding hydrogens is 630 g/mol. The van der Waals surface area contributed by atoms with E-state index in [0.29, 0.717) is 43.9 Å². The number of halogens is 2. The van der Waals surface area contributed by atoms with Crippen LogP contribution in [0.15, 0.2) is 63.2 Å². The molecule has 0 aliphatic rings. The van der Waals surface area contributed by atoms with Gasteiger partial charge in [0, 0.05) is 10.7 Å². The summed E-state index contributed by atoms with van der Waals surface area (Å²) in [4.78, 5) is 4.21. The van der Waals surface area contributed by atoms with Crippen molar-refractivity contribution in [2.45, 2.75) is 0 Å². The smallest absolute Gasteiger partial charge is 0.260 e. The number of pyridine rings is 1. The van der Waals surface area contributed by atoms with E-state index in [0.717, 1.165) is 5.41 Å². The molecule has 0 atom stereocenters. The van der Waals surface area contributed by atoms with Crippen molar-refractivity contribution in [3.8, 4) is 28.8 Å². The third kappa shape index (κ3) is 6.43. The summed E-state index contributed by atoms with van der Waals surface area (Å²) in [5, 5.41) is 10.2. The van der Waals surface area contributed by atoms with Gasteiger partial charge in [0.15, 0.2) is 5.76 Å². The Morgan fingerprint density at radius 3 is 2.46 bits per heavy atom. The minimum atomic E-state index is -4.09. The van der Waals surface area contributed by atoms with Gasteiger partial charge in [-0.05, 0) is 63.2 Å². The first kappa shape index (κ1) is 29.0. The molecule has 3 aromatic heterocycles. The van der Waals surface area contributed by atoms with Crippen molar-refractivity contribution in [1.82, 2.24) is 19.7 Å². The van der Waals surface area contributed by atoms with Gasteiger partial charge in [-0.2, -0.15) is 0 Å². The van der Waals surface area contributed by atoms with E-state index in [1.807, 2.05) is 12.5 Å². The highest BCUT2D eigenvalue weighted by Gasteiger charge is 2.32. The summed E-state index contributed by atoms with van der Waals surface area (Å²) < 4.78 is 48.0. The molecule has 0 N–H and O–H groups in total. The van der Waals surface area contributed by atoms with Gasteiger partial charge in [-0.25, -0.2) is 12.7 Å². The molecule has 0 saturated heterocycles. The van der Waals surface area contributed by atoms with Crippen LogP contribution in [-0.2, 0) is 20.9 Å². The van der Waals surface area contributed by atoms with Crippen LogP contribution in [-0.4, -0.2) is 67.2 Å². The van der Waals surface area contributed by atoms with Crippen molar-refractivity contribution in [3.05, 3.63) is 69.5 Å². The highest BCUT2D eigenvalue weighted by Crippen LogP contribution is 2.39. The molecule has 0 saturated carbocycles. The number of nitrogens with zero attached hydrogens (tertiary/aromatic N) is 5. The lowest BCUT2D eigenvalue weighted by Crippen LogP contribution is -2.35. The summed E-state index contributed by atoms with van der Waals surface area (Å²) in [5.41, 5.74) is 0.824. The number of anilines is 1. The fraction of sp³-hybridized carbons (Fsp3) is 0.240. The van der Waals surface area contributed by atoms with Crippen LogP contribution < -0.4 is 13.8 Å². The number of rotatable bonds is 11. The van der Waals surface area contributed by atoms with E-state index in [-0.39, 0.29) is 29.2 Å². The third-order valence-electron chi connectivity index (χ3n) is 5.48. The number of benzene rings is 1. The maximum atomic E-state index is 13.9. The van der Waals surface area contributed by atoms with Gasteiger partial charge >= 0.3 is 0 Å². The second-order valence-corrected chi connectivity index (χ2v) is 13.7. The molecule has 4 aromatic rings. The second kappa shape index (κ2) is 12.5. The Hall–Kier alpha value is -3.00. The molecule has 3 heterocycles. The summed E-state index contributed by atoms with van der Waals surface area (Å²) in [5.74, 6) is 2.14. The van der Waals surface area contributed by atoms with Gasteiger partial charge in [-0.15, -0.1) is 10.2 Å². The summed E-state index contributed by atoms with van der Waals surface area (Å²) in [7, 11) is -1.13. The molecule has 206 valence electrons. The minimum Gasteiger partial charge on any atom is -0.494 e. The second-order valence-electron chi connectivity index (χ2n) is 8.28. The molecule has 0 unspecified atom stereocenters. The van der Waals surface area contributed by atoms with Crippen molar-refractivity contribution in [1.29, 1.82) is 0 Å². The van der Waals surface area contributed by atoms with Gasteiger partial charge < -0.3 is 13.9 Å². The van der Waals surface area contributed by atoms with E-state index in [9.17, 15) is 8.42 Å². The number of hydrogen-bond acceptors (Lipinski definition) is 8. The lowest BCUT2D eigenvalue weighted by atomic mass is 10.2. The van der Waals surface area contributed by atoms with E-state index >= 15 is 0 Å². The zero-order valence-electron chi connectivity index (χ0n) is 21.5. The normalized spacial score (nSPS) is 11.9. The first-order chi connectivity index (χ1) is 18.7.